The number of sulfonamides is 1. The lowest BCUT2D eigenvalue weighted by atomic mass is 10.0. The van der Waals surface area contributed by atoms with E-state index < -0.39 is 56.6 Å². The van der Waals surface area contributed by atoms with Crippen LogP contribution in [0.25, 0.3) is 10.2 Å². The molecule has 48 heavy (non-hydrogen) atoms. The summed E-state index contributed by atoms with van der Waals surface area (Å²) in [6.07, 6.45) is 8.24. The molecule has 2 aliphatic carbocycles. The van der Waals surface area contributed by atoms with E-state index in [2.05, 4.69) is 20.3 Å². The van der Waals surface area contributed by atoms with Gasteiger partial charge >= 0.3 is 0 Å². The fourth-order valence-electron chi connectivity index (χ4n) is 6.67. The Hall–Kier alpha value is -4.04. The minimum absolute atomic E-state index is 0.0900. The van der Waals surface area contributed by atoms with Crippen molar-refractivity contribution < 1.29 is 31.9 Å². The molecule has 4 aliphatic rings. The molecule has 2 aromatic carbocycles. The Morgan fingerprint density at radius 3 is 2.71 bits per heavy atom. The van der Waals surface area contributed by atoms with Crippen LogP contribution in [-0.4, -0.2) is 71.5 Å². The zero-order valence-electron chi connectivity index (χ0n) is 26.3. The number of ether oxygens (including phenoxy) is 1. The number of para-hydroxylation sites is 1. The number of thiazole rings is 1. The molecule has 2 saturated carbocycles. The second-order valence-corrected chi connectivity index (χ2v) is 16.1. The Morgan fingerprint density at radius 1 is 1.08 bits per heavy atom. The molecule has 0 spiro atoms. The lowest BCUT2D eigenvalue weighted by Gasteiger charge is -2.30. The second kappa shape index (κ2) is 13.1. The maximum atomic E-state index is 14.4. The first-order valence-electron chi connectivity index (χ1n) is 16.5. The normalized spacial score (nSPS) is 28.7. The van der Waals surface area contributed by atoms with E-state index in [1.807, 2.05) is 36.4 Å². The van der Waals surface area contributed by atoms with Gasteiger partial charge in [0, 0.05) is 18.0 Å². The number of allylic oxidation sites excluding steroid dienone is 1. The van der Waals surface area contributed by atoms with Crippen LogP contribution in [-0.2, 0) is 24.4 Å². The number of nitrogens with one attached hydrogen (secondary N) is 3. The minimum Gasteiger partial charge on any atom is -0.465 e. The highest BCUT2D eigenvalue weighted by Crippen LogP contribution is 2.46. The van der Waals surface area contributed by atoms with Crippen LogP contribution >= 0.6 is 11.3 Å². The van der Waals surface area contributed by atoms with E-state index in [1.165, 1.54) is 28.4 Å². The van der Waals surface area contributed by atoms with Crippen molar-refractivity contribution in [2.75, 3.05) is 11.9 Å². The summed E-state index contributed by atoms with van der Waals surface area (Å²) in [6, 6.07) is 11.8. The van der Waals surface area contributed by atoms with Gasteiger partial charge < -0.3 is 20.3 Å². The molecule has 3 aromatic rings. The summed E-state index contributed by atoms with van der Waals surface area (Å²) in [7, 11) is -3.85. The molecule has 14 heteroatoms. The summed E-state index contributed by atoms with van der Waals surface area (Å²) < 4.78 is 49.0. The van der Waals surface area contributed by atoms with Crippen LogP contribution in [0, 0.1) is 11.7 Å². The largest absolute Gasteiger partial charge is 0.465 e. The highest BCUT2D eigenvalue weighted by Gasteiger charge is 2.62. The highest BCUT2D eigenvalue weighted by atomic mass is 32.2. The fraction of sp³-hybridized carbons (Fsp3) is 0.471. The number of carbonyl (C=O) groups is 3. The van der Waals surface area contributed by atoms with Crippen LogP contribution in [0.2, 0.25) is 0 Å². The summed E-state index contributed by atoms with van der Waals surface area (Å²) in [5, 5.41) is 5.90. The Balaban J connectivity index is 1.18. The van der Waals surface area contributed by atoms with Gasteiger partial charge in [-0.15, -0.1) is 0 Å². The molecule has 3 N–H and O–H groups in total. The third-order valence-corrected chi connectivity index (χ3v) is 12.3. The second-order valence-electron chi connectivity index (χ2n) is 13.1. The van der Waals surface area contributed by atoms with Crippen molar-refractivity contribution in [3.63, 3.8) is 0 Å². The molecule has 3 amide bonds. The molecule has 0 radical (unpaired) electrons. The lowest BCUT2D eigenvalue weighted by molar-refractivity contribution is -0.140. The standard InChI is InChI=1S/C34H38FN5O6S2/c35-22-10-8-11-23(17-22)36-27-13-5-3-1-2-4-9-21-19-34(21,32(43)39-48(44,45)25-15-16-25)38-30(41)28-18-24(20-40(28)31(27)42)46-33-37-26-12-6-7-14-29(26)47-33/h4,6-12,14,17,21,24-25,27-28,36H,1-3,5,13,15-16,18-20H2,(H,38,41)(H,39,43)/b9-4-/t21-,24-,27+,28+,34-/m1/s1. The van der Waals surface area contributed by atoms with Gasteiger partial charge in [0.25, 0.3) is 11.1 Å². The number of hydrogen-bond donors (Lipinski definition) is 3. The Bertz CT molecular complexity index is 1830. The first-order valence-corrected chi connectivity index (χ1v) is 18.9. The van der Waals surface area contributed by atoms with Gasteiger partial charge in [0.05, 0.1) is 22.0 Å². The maximum absolute atomic E-state index is 14.4. The number of fused-ring (bicyclic) bond motifs is 3. The van der Waals surface area contributed by atoms with E-state index in [4.69, 9.17) is 4.74 Å². The summed E-state index contributed by atoms with van der Waals surface area (Å²) >= 11 is 1.37. The summed E-state index contributed by atoms with van der Waals surface area (Å²) in [5.74, 6) is -2.49. The van der Waals surface area contributed by atoms with Gasteiger partial charge in [-0.3, -0.25) is 19.1 Å². The van der Waals surface area contributed by atoms with E-state index in [0.29, 0.717) is 30.1 Å². The van der Waals surface area contributed by atoms with Crippen molar-refractivity contribution in [1.29, 1.82) is 0 Å². The van der Waals surface area contributed by atoms with Crippen molar-refractivity contribution in [2.24, 2.45) is 5.92 Å². The van der Waals surface area contributed by atoms with Gasteiger partial charge in [-0.25, -0.2) is 17.8 Å². The molecule has 3 fully saturated rings. The molecule has 3 heterocycles. The zero-order chi connectivity index (χ0) is 33.5. The Labute approximate surface area is 282 Å². The molecule has 11 nitrogen and oxygen atoms in total. The summed E-state index contributed by atoms with van der Waals surface area (Å²) in [5.41, 5.74) is -0.222. The number of benzene rings is 2. The monoisotopic (exact) mass is 695 g/mol. The molecule has 5 atom stereocenters. The first-order chi connectivity index (χ1) is 23.1. The summed E-state index contributed by atoms with van der Waals surface area (Å²) in [6.45, 7) is 0.0900. The third-order valence-electron chi connectivity index (χ3n) is 9.55. The lowest BCUT2D eigenvalue weighted by Crippen LogP contribution is -2.57. The minimum atomic E-state index is -3.85. The van der Waals surface area contributed by atoms with Crippen LogP contribution in [0.15, 0.2) is 60.7 Å². The van der Waals surface area contributed by atoms with Crippen molar-refractivity contribution >= 4 is 55.0 Å². The van der Waals surface area contributed by atoms with Gasteiger partial charge in [-0.2, -0.15) is 0 Å². The average Bonchev–Trinajstić information content (AvgIpc) is 3.94. The van der Waals surface area contributed by atoms with Crippen LogP contribution < -0.4 is 20.1 Å². The Morgan fingerprint density at radius 2 is 1.92 bits per heavy atom. The van der Waals surface area contributed by atoms with E-state index in [0.717, 1.165) is 35.9 Å². The zero-order valence-corrected chi connectivity index (χ0v) is 27.9. The quantitative estimate of drug-likeness (QED) is 0.311. The topological polar surface area (TPSA) is 147 Å². The maximum Gasteiger partial charge on any atom is 0.274 e. The van der Waals surface area contributed by atoms with Crippen LogP contribution in [0.4, 0.5) is 10.1 Å². The molecule has 7 rings (SSSR count). The first kappa shape index (κ1) is 32.5. The number of rotatable bonds is 7. The molecule has 0 unspecified atom stereocenters. The number of hydrogen-bond acceptors (Lipinski definition) is 9. The highest BCUT2D eigenvalue weighted by molar-refractivity contribution is 7.91. The number of halogens is 1. The predicted molar refractivity (Wildman–Crippen MR) is 179 cm³/mol. The van der Waals surface area contributed by atoms with Crippen molar-refractivity contribution in [3.8, 4) is 5.19 Å². The van der Waals surface area contributed by atoms with Gasteiger partial charge in [-0.05, 0) is 68.9 Å². The SMILES string of the molecule is O=C1N[C@]2(C(=O)NS(=O)(=O)C3CC3)C[C@H]2/C=C\CCCCC[C@H](Nc2cccc(F)c2)C(=O)N2C[C@H](Oc3nc4ccccc4s3)C[C@@H]12. The molecule has 1 saturated heterocycles. The molecular weight excluding hydrogens is 658 g/mol. The van der Waals surface area contributed by atoms with Crippen molar-refractivity contribution in [1.82, 2.24) is 19.9 Å². The summed E-state index contributed by atoms with van der Waals surface area (Å²) in [4.78, 5) is 48.2. The van der Waals surface area contributed by atoms with Gasteiger partial charge in [-0.1, -0.05) is 54.5 Å². The van der Waals surface area contributed by atoms with E-state index >= 15 is 0 Å². The molecule has 254 valence electrons. The third kappa shape index (κ3) is 6.91. The van der Waals surface area contributed by atoms with Gasteiger partial charge in [0.2, 0.25) is 21.8 Å². The molecular formula is C34H38FN5O6S2. The van der Waals surface area contributed by atoms with Crippen LogP contribution in [0.3, 0.4) is 0 Å². The van der Waals surface area contributed by atoms with E-state index in [-0.39, 0.29) is 31.2 Å². The van der Waals surface area contributed by atoms with Crippen molar-refractivity contribution in [2.45, 2.75) is 86.8 Å². The number of amides is 3. The van der Waals surface area contributed by atoms with Crippen LogP contribution in [0.1, 0.15) is 57.8 Å². The number of aromatic nitrogens is 1. The molecule has 1 aromatic heterocycles. The molecule has 0 bridgehead atoms. The number of nitrogens with zero attached hydrogens (tertiary/aromatic N) is 2. The van der Waals surface area contributed by atoms with Crippen molar-refractivity contribution in [3.05, 3.63) is 66.5 Å². The Kier molecular flexibility index (Phi) is 8.88. The predicted octanol–water partition coefficient (Wildman–Crippen LogP) is 4.27. The molecule has 2 aliphatic heterocycles. The number of anilines is 1. The van der Waals surface area contributed by atoms with Gasteiger partial charge in [0.15, 0.2) is 0 Å². The fourth-order valence-corrected chi connectivity index (χ4v) is 8.92. The van der Waals surface area contributed by atoms with Gasteiger partial charge in [0.1, 0.15) is 29.5 Å². The average molecular weight is 696 g/mol. The smallest absolute Gasteiger partial charge is 0.274 e. The number of carbonyl (C=O) groups excluding carboxylic acids is 3. The van der Waals surface area contributed by atoms with E-state index in [9.17, 15) is 27.2 Å². The van der Waals surface area contributed by atoms with Crippen LogP contribution in [0.5, 0.6) is 5.19 Å². The van der Waals surface area contributed by atoms with E-state index in [1.54, 1.807) is 12.1 Å².